The van der Waals surface area contributed by atoms with Crippen LogP contribution in [0.25, 0.3) is 6.08 Å². The van der Waals surface area contributed by atoms with E-state index in [0.717, 1.165) is 23.7 Å². The summed E-state index contributed by atoms with van der Waals surface area (Å²) in [6, 6.07) is 10.7. The molecule has 0 saturated carbocycles. The number of fused-ring (bicyclic) bond motifs is 1. The zero-order valence-corrected chi connectivity index (χ0v) is 18.7. The third-order valence-electron chi connectivity index (χ3n) is 4.68. The Hall–Kier alpha value is -1.98. The fraction of sp³-hybridized carbons (Fsp3) is 0.348. The van der Waals surface area contributed by atoms with E-state index >= 15 is 0 Å². The van der Waals surface area contributed by atoms with Crippen LogP contribution < -0.4 is 14.2 Å². The molecular formula is C23H24BrClO4. The second-order valence-corrected chi connectivity index (χ2v) is 8.02. The Morgan fingerprint density at radius 3 is 2.72 bits per heavy atom. The molecule has 1 aliphatic rings. The first-order valence-corrected chi connectivity index (χ1v) is 11.2. The molecule has 0 fully saturated rings. The molecule has 154 valence electrons. The molecule has 3 rings (SSSR count). The molecule has 0 atom stereocenters. The molecule has 2 aromatic carbocycles. The molecule has 0 amide bonds. The summed E-state index contributed by atoms with van der Waals surface area (Å²) >= 11 is 9.47. The van der Waals surface area contributed by atoms with Crippen LogP contribution in [0.2, 0.25) is 5.02 Å². The topological polar surface area (TPSA) is 44.8 Å². The number of alkyl halides is 1. The van der Waals surface area contributed by atoms with E-state index in [1.54, 1.807) is 25.3 Å². The minimum atomic E-state index is -0.0727. The number of hydrogen-bond acceptors (Lipinski definition) is 4. The van der Waals surface area contributed by atoms with Crippen molar-refractivity contribution in [1.82, 2.24) is 0 Å². The van der Waals surface area contributed by atoms with E-state index in [1.807, 2.05) is 24.3 Å². The number of carbonyl (C=O) groups is 1. The number of Topliss-reactive ketones (excluding diaryl/α,β-unsaturated/α-hetero) is 1. The van der Waals surface area contributed by atoms with E-state index in [4.69, 9.17) is 25.8 Å². The van der Waals surface area contributed by atoms with Crippen LogP contribution in [-0.2, 0) is 0 Å². The van der Waals surface area contributed by atoms with Crippen molar-refractivity contribution >= 4 is 39.4 Å². The molecule has 1 heterocycles. The molecule has 0 aliphatic carbocycles. The number of unbranched alkanes of at least 4 members (excludes halogenated alkanes) is 3. The zero-order valence-electron chi connectivity index (χ0n) is 16.4. The van der Waals surface area contributed by atoms with Gasteiger partial charge in [0.1, 0.15) is 12.4 Å². The Bertz CT molecular complexity index is 894. The second-order valence-electron chi connectivity index (χ2n) is 6.79. The Kier molecular flexibility index (Phi) is 8.01. The first kappa shape index (κ1) is 21.7. The maximum atomic E-state index is 12.8. The smallest absolute Gasteiger partial charge is 0.196 e. The third kappa shape index (κ3) is 5.77. The number of carbonyl (C=O) groups excluding carboxylic acids is 1. The van der Waals surface area contributed by atoms with Gasteiger partial charge in [0.25, 0.3) is 0 Å². The maximum absolute atomic E-state index is 12.8. The maximum Gasteiger partial charge on any atom is 0.196 e. The highest BCUT2D eigenvalue weighted by molar-refractivity contribution is 9.09. The van der Waals surface area contributed by atoms with E-state index in [1.165, 1.54) is 12.8 Å². The monoisotopic (exact) mass is 478 g/mol. The summed E-state index contributed by atoms with van der Waals surface area (Å²) in [7, 11) is 1.61. The van der Waals surface area contributed by atoms with Gasteiger partial charge in [-0.05, 0) is 54.8 Å². The fourth-order valence-corrected chi connectivity index (χ4v) is 3.70. The van der Waals surface area contributed by atoms with Crippen LogP contribution in [-0.4, -0.2) is 31.4 Å². The van der Waals surface area contributed by atoms with Crippen molar-refractivity contribution in [3.8, 4) is 17.2 Å². The molecule has 29 heavy (non-hydrogen) atoms. The number of methoxy groups -OCH3 is 1. The van der Waals surface area contributed by atoms with Crippen molar-refractivity contribution in [2.75, 3.05) is 25.7 Å². The predicted octanol–water partition coefficient (Wildman–Crippen LogP) is 6.34. The van der Waals surface area contributed by atoms with Gasteiger partial charge >= 0.3 is 0 Å². The molecule has 0 N–H and O–H groups in total. The van der Waals surface area contributed by atoms with Gasteiger partial charge in [-0.2, -0.15) is 0 Å². The van der Waals surface area contributed by atoms with E-state index in [-0.39, 0.29) is 12.4 Å². The number of benzene rings is 2. The van der Waals surface area contributed by atoms with Gasteiger partial charge in [0.15, 0.2) is 17.3 Å². The summed E-state index contributed by atoms with van der Waals surface area (Å²) in [5, 5.41) is 1.56. The summed E-state index contributed by atoms with van der Waals surface area (Å²) < 4.78 is 17.0. The lowest BCUT2D eigenvalue weighted by atomic mass is 9.98. The van der Waals surface area contributed by atoms with Gasteiger partial charge in [0, 0.05) is 15.9 Å². The van der Waals surface area contributed by atoms with Crippen molar-refractivity contribution in [1.29, 1.82) is 0 Å². The van der Waals surface area contributed by atoms with Gasteiger partial charge < -0.3 is 14.2 Å². The molecule has 4 nitrogen and oxygen atoms in total. The Labute approximate surface area is 184 Å². The van der Waals surface area contributed by atoms with Crippen molar-refractivity contribution in [3.05, 3.63) is 58.1 Å². The number of halogens is 2. The number of rotatable bonds is 9. The van der Waals surface area contributed by atoms with Crippen molar-refractivity contribution < 1.29 is 19.0 Å². The average molecular weight is 480 g/mol. The summed E-state index contributed by atoms with van der Waals surface area (Å²) in [5.41, 5.74) is 1.91. The molecule has 0 spiro atoms. The minimum Gasteiger partial charge on any atom is -0.493 e. The molecule has 0 aromatic heterocycles. The van der Waals surface area contributed by atoms with Gasteiger partial charge in [0.05, 0.1) is 19.3 Å². The average Bonchev–Trinajstić information content (AvgIpc) is 2.73. The summed E-state index contributed by atoms with van der Waals surface area (Å²) in [5.74, 6) is 1.84. The van der Waals surface area contributed by atoms with E-state index in [9.17, 15) is 4.79 Å². The lowest BCUT2D eigenvalue weighted by molar-refractivity contribution is 0.100. The lowest BCUT2D eigenvalue weighted by Gasteiger charge is -2.19. The molecule has 0 unspecified atom stereocenters. The summed E-state index contributed by atoms with van der Waals surface area (Å²) in [4.78, 5) is 12.8. The normalized spacial score (nSPS) is 14.4. The van der Waals surface area contributed by atoms with Crippen LogP contribution in [0.5, 0.6) is 17.2 Å². The number of ether oxygens (including phenoxy) is 3. The largest absolute Gasteiger partial charge is 0.493 e. The van der Waals surface area contributed by atoms with E-state index in [2.05, 4.69) is 15.9 Å². The number of ketones is 1. The Morgan fingerprint density at radius 1 is 1.10 bits per heavy atom. The van der Waals surface area contributed by atoms with Gasteiger partial charge in [-0.25, -0.2) is 0 Å². The van der Waals surface area contributed by atoms with Crippen LogP contribution in [0.1, 0.15) is 41.6 Å². The molecule has 6 heteroatoms. The van der Waals surface area contributed by atoms with E-state index < -0.39 is 0 Å². The minimum absolute atomic E-state index is 0.0727. The van der Waals surface area contributed by atoms with Gasteiger partial charge in [-0.1, -0.05) is 46.4 Å². The van der Waals surface area contributed by atoms with Gasteiger partial charge in [-0.15, -0.1) is 0 Å². The van der Waals surface area contributed by atoms with Crippen LogP contribution in [0.3, 0.4) is 0 Å². The molecule has 0 radical (unpaired) electrons. The predicted molar refractivity (Wildman–Crippen MR) is 120 cm³/mol. The molecular weight excluding hydrogens is 456 g/mol. The second kappa shape index (κ2) is 10.7. The Balaban J connectivity index is 1.69. The summed E-state index contributed by atoms with van der Waals surface area (Å²) in [6.45, 7) is 0.880. The van der Waals surface area contributed by atoms with Gasteiger partial charge in [0.2, 0.25) is 0 Å². The Morgan fingerprint density at radius 2 is 1.93 bits per heavy atom. The third-order valence-corrected chi connectivity index (χ3v) is 5.47. The first-order chi connectivity index (χ1) is 14.1. The number of hydrogen-bond donors (Lipinski definition) is 0. The highest BCUT2D eigenvalue weighted by atomic mass is 79.9. The van der Waals surface area contributed by atoms with Crippen LogP contribution in [0, 0.1) is 0 Å². The highest BCUT2D eigenvalue weighted by Crippen LogP contribution is 2.32. The van der Waals surface area contributed by atoms with Crippen molar-refractivity contribution in [2.24, 2.45) is 0 Å². The van der Waals surface area contributed by atoms with Gasteiger partial charge in [-0.3, -0.25) is 4.79 Å². The molecule has 0 bridgehead atoms. The standard InChI is InChI=1S/C23H24BrClO4/c1-27-22-13-16(6-8-21(22)28-11-5-3-2-4-10-24)12-17-15-29-20-9-7-18(25)14-19(20)23(17)26/h6-9,12-14H,2-5,10-11,15H2,1H3. The lowest BCUT2D eigenvalue weighted by Crippen LogP contribution is -2.18. The highest BCUT2D eigenvalue weighted by Gasteiger charge is 2.23. The van der Waals surface area contributed by atoms with E-state index in [0.29, 0.717) is 40.0 Å². The zero-order chi connectivity index (χ0) is 20.6. The quantitative estimate of drug-likeness (QED) is 0.239. The summed E-state index contributed by atoms with van der Waals surface area (Å²) in [6.07, 6.45) is 6.36. The van der Waals surface area contributed by atoms with Crippen LogP contribution in [0.15, 0.2) is 42.0 Å². The van der Waals surface area contributed by atoms with Crippen LogP contribution >= 0.6 is 27.5 Å². The molecule has 0 saturated heterocycles. The molecule has 1 aliphatic heterocycles. The SMILES string of the molecule is COc1cc(C=C2COc3ccc(Cl)cc3C2=O)ccc1OCCCCCCBr. The van der Waals surface area contributed by atoms with Crippen molar-refractivity contribution in [2.45, 2.75) is 25.7 Å². The van der Waals surface area contributed by atoms with Crippen LogP contribution in [0.4, 0.5) is 0 Å². The first-order valence-electron chi connectivity index (χ1n) is 9.67. The van der Waals surface area contributed by atoms with Crippen molar-refractivity contribution in [3.63, 3.8) is 0 Å². The fourth-order valence-electron chi connectivity index (χ4n) is 3.13. The molecule has 2 aromatic rings.